The highest BCUT2D eigenvalue weighted by molar-refractivity contribution is 6.31. The predicted octanol–water partition coefficient (Wildman–Crippen LogP) is 2.97. The molecule has 1 heterocycles. The lowest BCUT2D eigenvalue weighted by Crippen LogP contribution is -2.35. The van der Waals surface area contributed by atoms with Gasteiger partial charge < -0.3 is 19.4 Å². The molecule has 2 aromatic rings. The smallest absolute Gasteiger partial charge is 0.268 e. The number of fused-ring (bicyclic) bond motifs is 1. The van der Waals surface area contributed by atoms with E-state index in [4.69, 9.17) is 21.1 Å². The van der Waals surface area contributed by atoms with E-state index in [9.17, 15) is 4.79 Å². The van der Waals surface area contributed by atoms with Crippen LogP contribution in [0.1, 0.15) is 23.0 Å². The molecule has 0 saturated heterocycles. The average Bonchev–Trinajstić information content (AvgIpc) is 2.80. The van der Waals surface area contributed by atoms with Crippen LogP contribution in [0.3, 0.4) is 0 Å². The lowest BCUT2D eigenvalue weighted by molar-refractivity contribution is -0.0974. The number of aromatic nitrogens is 1. The van der Waals surface area contributed by atoms with Crippen LogP contribution in [0.2, 0.25) is 5.02 Å². The lowest BCUT2D eigenvalue weighted by Gasteiger charge is -2.15. The second-order valence-corrected chi connectivity index (χ2v) is 5.43. The number of nitrogens with zero attached hydrogens (tertiary/aromatic N) is 1. The Morgan fingerprint density at radius 3 is 2.64 bits per heavy atom. The molecule has 0 unspecified atom stereocenters. The van der Waals surface area contributed by atoms with E-state index >= 15 is 0 Å². The van der Waals surface area contributed by atoms with Crippen LogP contribution in [0.4, 0.5) is 0 Å². The van der Waals surface area contributed by atoms with Crippen molar-refractivity contribution in [3.63, 3.8) is 0 Å². The van der Waals surface area contributed by atoms with Gasteiger partial charge in [-0.05, 0) is 37.6 Å². The van der Waals surface area contributed by atoms with Gasteiger partial charge in [0.2, 0.25) is 0 Å². The highest BCUT2D eigenvalue weighted by Crippen LogP contribution is 2.28. The Balaban J connectivity index is 2.37. The molecule has 0 spiro atoms. The first-order valence-corrected chi connectivity index (χ1v) is 7.53. The molecule has 5 nitrogen and oxygen atoms in total. The van der Waals surface area contributed by atoms with Gasteiger partial charge in [-0.2, -0.15) is 0 Å². The van der Waals surface area contributed by atoms with Crippen LogP contribution in [-0.2, 0) is 16.0 Å². The van der Waals surface area contributed by atoms with Crippen molar-refractivity contribution in [3.05, 3.63) is 34.5 Å². The van der Waals surface area contributed by atoms with Crippen LogP contribution in [0.15, 0.2) is 18.2 Å². The quantitative estimate of drug-likeness (QED) is 0.831. The van der Waals surface area contributed by atoms with E-state index in [1.54, 1.807) is 0 Å². The van der Waals surface area contributed by atoms with E-state index in [2.05, 4.69) is 5.32 Å². The molecular formula is C16H21ClN2O3. The molecule has 2 rings (SSSR count). The third-order valence-corrected chi connectivity index (χ3v) is 4.00. The van der Waals surface area contributed by atoms with Crippen LogP contribution in [0, 0.1) is 6.92 Å². The van der Waals surface area contributed by atoms with E-state index in [0.29, 0.717) is 17.3 Å². The molecule has 0 atom stereocenters. The molecule has 1 amide bonds. The maximum atomic E-state index is 12.6. The summed E-state index contributed by atoms with van der Waals surface area (Å²) in [6.45, 7) is 4.94. The summed E-state index contributed by atoms with van der Waals surface area (Å²) in [5.74, 6) is -0.147. The number of hydrogen-bond donors (Lipinski definition) is 1. The van der Waals surface area contributed by atoms with Crippen LogP contribution >= 0.6 is 11.6 Å². The number of halogens is 1. The molecular weight excluding hydrogens is 304 g/mol. The fraction of sp³-hybridized carbons (Fsp3) is 0.438. The van der Waals surface area contributed by atoms with Crippen molar-refractivity contribution in [3.8, 4) is 0 Å². The largest absolute Gasteiger partial charge is 0.354 e. The van der Waals surface area contributed by atoms with Gasteiger partial charge in [-0.15, -0.1) is 0 Å². The summed E-state index contributed by atoms with van der Waals surface area (Å²) in [5.41, 5.74) is 2.57. The van der Waals surface area contributed by atoms with Crippen LogP contribution in [0.25, 0.3) is 10.9 Å². The number of nitrogens with one attached hydrogen (secondary N) is 1. The Morgan fingerprint density at radius 1 is 1.36 bits per heavy atom. The van der Waals surface area contributed by atoms with Gasteiger partial charge in [-0.1, -0.05) is 11.6 Å². The molecule has 0 aliphatic rings. The number of hydrogen-bond acceptors (Lipinski definition) is 3. The van der Waals surface area contributed by atoms with Crippen molar-refractivity contribution in [1.29, 1.82) is 0 Å². The fourth-order valence-corrected chi connectivity index (χ4v) is 2.81. The van der Waals surface area contributed by atoms with Gasteiger partial charge in [0.25, 0.3) is 5.91 Å². The van der Waals surface area contributed by atoms with Gasteiger partial charge in [-0.25, -0.2) is 0 Å². The SMILES string of the molecule is CCn1c(C(=O)NCC(OC)OC)c(C)c2cc(Cl)ccc21. The maximum Gasteiger partial charge on any atom is 0.268 e. The van der Waals surface area contributed by atoms with E-state index in [1.165, 1.54) is 14.2 Å². The minimum atomic E-state index is -0.460. The van der Waals surface area contributed by atoms with E-state index < -0.39 is 6.29 Å². The molecule has 0 saturated carbocycles. The second-order valence-electron chi connectivity index (χ2n) is 4.99. The second kappa shape index (κ2) is 7.13. The number of benzene rings is 1. The van der Waals surface area contributed by atoms with Gasteiger partial charge in [0.05, 0.1) is 6.54 Å². The van der Waals surface area contributed by atoms with Crippen molar-refractivity contribution in [2.75, 3.05) is 20.8 Å². The third-order valence-electron chi connectivity index (χ3n) is 3.76. The summed E-state index contributed by atoms with van der Waals surface area (Å²) >= 11 is 6.07. The van der Waals surface area contributed by atoms with Crippen molar-refractivity contribution in [2.45, 2.75) is 26.7 Å². The van der Waals surface area contributed by atoms with Crippen molar-refractivity contribution < 1.29 is 14.3 Å². The Bertz CT molecular complexity index is 678. The molecule has 0 fully saturated rings. The van der Waals surface area contributed by atoms with Gasteiger partial charge in [-0.3, -0.25) is 4.79 Å². The monoisotopic (exact) mass is 324 g/mol. The summed E-state index contributed by atoms with van der Waals surface area (Å²) in [7, 11) is 3.08. The molecule has 0 aliphatic heterocycles. The van der Waals surface area contributed by atoms with E-state index in [-0.39, 0.29) is 12.5 Å². The first kappa shape index (κ1) is 16.8. The van der Waals surface area contributed by atoms with Crippen molar-refractivity contribution in [2.24, 2.45) is 0 Å². The zero-order valence-electron chi connectivity index (χ0n) is 13.3. The number of methoxy groups -OCH3 is 2. The Kier molecular flexibility index (Phi) is 5.45. The molecule has 1 aromatic carbocycles. The van der Waals surface area contributed by atoms with Crippen LogP contribution in [-0.4, -0.2) is 37.5 Å². The molecule has 0 aliphatic carbocycles. The minimum Gasteiger partial charge on any atom is -0.354 e. The maximum absolute atomic E-state index is 12.6. The molecule has 0 bridgehead atoms. The molecule has 1 aromatic heterocycles. The Hall–Kier alpha value is -1.56. The summed E-state index contributed by atoms with van der Waals surface area (Å²) < 4.78 is 12.2. The number of carbonyl (C=O) groups is 1. The zero-order valence-corrected chi connectivity index (χ0v) is 14.0. The van der Waals surface area contributed by atoms with E-state index in [0.717, 1.165) is 16.5 Å². The average molecular weight is 325 g/mol. The Labute approximate surface area is 135 Å². The van der Waals surface area contributed by atoms with Crippen LogP contribution in [0.5, 0.6) is 0 Å². The molecule has 120 valence electrons. The van der Waals surface area contributed by atoms with E-state index in [1.807, 2.05) is 36.6 Å². The number of aryl methyl sites for hydroxylation is 2. The van der Waals surface area contributed by atoms with Crippen molar-refractivity contribution in [1.82, 2.24) is 9.88 Å². The number of amides is 1. The first-order chi connectivity index (χ1) is 10.5. The van der Waals surface area contributed by atoms with Gasteiger partial charge >= 0.3 is 0 Å². The summed E-state index contributed by atoms with van der Waals surface area (Å²) in [6, 6.07) is 5.67. The fourth-order valence-electron chi connectivity index (χ4n) is 2.64. The number of rotatable bonds is 6. The number of carbonyl (C=O) groups excluding carboxylic acids is 1. The molecule has 0 radical (unpaired) electrons. The van der Waals surface area contributed by atoms with Gasteiger partial charge in [0.1, 0.15) is 5.69 Å². The number of ether oxygens (including phenoxy) is 2. The topological polar surface area (TPSA) is 52.5 Å². The van der Waals surface area contributed by atoms with Crippen LogP contribution < -0.4 is 5.32 Å². The molecule has 22 heavy (non-hydrogen) atoms. The van der Waals surface area contributed by atoms with Crippen molar-refractivity contribution >= 4 is 28.4 Å². The first-order valence-electron chi connectivity index (χ1n) is 7.15. The summed E-state index contributed by atoms with van der Waals surface area (Å²) in [4.78, 5) is 12.6. The standard InChI is InChI=1S/C16H21ClN2O3/c1-5-19-13-7-6-11(17)8-12(13)10(2)15(19)16(20)18-9-14(21-3)22-4/h6-8,14H,5,9H2,1-4H3,(H,18,20). The predicted molar refractivity (Wildman–Crippen MR) is 87.5 cm³/mol. The summed E-state index contributed by atoms with van der Waals surface area (Å²) in [6.07, 6.45) is -0.460. The Morgan fingerprint density at radius 2 is 2.05 bits per heavy atom. The third kappa shape index (κ3) is 3.11. The normalized spacial score (nSPS) is 11.4. The van der Waals surface area contributed by atoms with Gasteiger partial charge in [0, 0.05) is 36.7 Å². The van der Waals surface area contributed by atoms with Gasteiger partial charge in [0.15, 0.2) is 6.29 Å². The summed E-state index contributed by atoms with van der Waals surface area (Å²) in [5, 5.41) is 4.51. The molecule has 1 N–H and O–H groups in total. The molecule has 6 heteroatoms. The highest BCUT2D eigenvalue weighted by Gasteiger charge is 2.20. The zero-order chi connectivity index (χ0) is 16.3. The lowest BCUT2D eigenvalue weighted by atomic mass is 10.1. The highest BCUT2D eigenvalue weighted by atomic mass is 35.5. The minimum absolute atomic E-state index is 0.147.